The van der Waals surface area contributed by atoms with Crippen molar-refractivity contribution in [1.82, 2.24) is 19.7 Å². The van der Waals surface area contributed by atoms with E-state index in [2.05, 4.69) is 15.4 Å². The van der Waals surface area contributed by atoms with Gasteiger partial charge in [-0.1, -0.05) is 6.92 Å². The number of halogens is 3. The summed E-state index contributed by atoms with van der Waals surface area (Å²) in [6, 6.07) is 3.50. The zero-order valence-electron chi connectivity index (χ0n) is 19.1. The molecule has 0 aliphatic carbocycles. The molecule has 1 aliphatic heterocycles. The first kappa shape index (κ1) is 23.4. The second-order valence-corrected chi connectivity index (χ2v) is 8.62. The summed E-state index contributed by atoms with van der Waals surface area (Å²) in [5.74, 6) is -0.504. The highest BCUT2D eigenvalue weighted by Crippen LogP contribution is 2.43. The lowest BCUT2D eigenvalue weighted by molar-refractivity contribution is -0.142. The van der Waals surface area contributed by atoms with Crippen LogP contribution in [-0.2, 0) is 16.9 Å². The van der Waals surface area contributed by atoms with Gasteiger partial charge in [-0.25, -0.2) is 4.98 Å². The van der Waals surface area contributed by atoms with Gasteiger partial charge in [0.25, 0.3) is 5.91 Å². The summed E-state index contributed by atoms with van der Waals surface area (Å²) in [6.07, 6.45) is 1.50. The number of nitrogens with one attached hydrogen (secondary N) is 1. The summed E-state index contributed by atoms with van der Waals surface area (Å²) >= 11 is 0. The number of hydrogen-bond acceptors (Lipinski definition) is 5. The molecule has 0 saturated heterocycles. The zero-order valence-corrected chi connectivity index (χ0v) is 19.1. The van der Waals surface area contributed by atoms with Crippen LogP contribution in [0.3, 0.4) is 0 Å². The molecule has 0 saturated carbocycles. The van der Waals surface area contributed by atoms with Gasteiger partial charge in [0.05, 0.1) is 46.3 Å². The Labute approximate surface area is 193 Å². The number of anilines is 2. The van der Waals surface area contributed by atoms with Crippen LogP contribution in [-0.4, -0.2) is 37.7 Å². The van der Waals surface area contributed by atoms with Crippen LogP contribution in [0.1, 0.15) is 48.8 Å². The van der Waals surface area contributed by atoms with Crippen molar-refractivity contribution in [3.63, 3.8) is 0 Å². The van der Waals surface area contributed by atoms with Crippen molar-refractivity contribution in [3.05, 3.63) is 53.7 Å². The standard InChI is InChI=1S/C23H23F3N6O2/c1-5-18(33)29-15-7-14(8-27-9-15)17-6-13(2)19-20(30-17)22(3,4)32(21(19)34)16-10-28-31(11-16)12-23(24,25)26/h6-11H,5,12H2,1-4H3,(H,29,33). The second kappa shape index (κ2) is 8.23. The maximum absolute atomic E-state index is 13.4. The van der Waals surface area contributed by atoms with Gasteiger partial charge in [-0.3, -0.25) is 24.2 Å². The Kier molecular flexibility index (Phi) is 5.66. The molecule has 0 atom stereocenters. The fraction of sp³-hybridized carbons (Fsp3) is 0.348. The Hall–Kier alpha value is -3.76. The number of carbonyl (C=O) groups excluding carboxylic acids is 2. The number of nitrogens with zero attached hydrogens (tertiary/aromatic N) is 5. The lowest BCUT2D eigenvalue weighted by Gasteiger charge is -2.30. The molecular formula is C23H23F3N6O2. The number of carbonyl (C=O) groups is 2. The molecule has 2 amide bonds. The van der Waals surface area contributed by atoms with E-state index in [1.807, 2.05) is 0 Å². The maximum Gasteiger partial charge on any atom is 0.408 e. The van der Waals surface area contributed by atoms with Gasteiger partial charge in [0.1, 0.15) is 6.54 Å². The van der Waals surface area contributed by atoms with E-state index in [9.17, 15) is 22.8 Å². The van der Waals surface area contributed by atoms with Gasteiger partial charge < -0.3 is 5.32 Å². The van der Waals surface area contributed by atoms with Crippen LogP contribution < -0.4 is 10.2 Å². The lowest BCUT2D eigenvalue weighted by Crippen LogP contribution is -2.39. The molecule has 178 valence electrons. The molecule has 0 bridgehead atoms. The average molecular weight is 472 g/mol. The maximum atomic E-state index is 13.4. The molecule has 1 aliphatic rings. The molecule has 0 aromatic carbocycles. The third-order valence-electron chi connectivity index (χ3n) is 5.63. The van der Waals surface area contributed by atoms with E-state index < -0.39 is 18.3 Å². The largest absolute Gasteiger partial charge is 0.408 e. The fourth-order valence-electron chi connectivity index (χ4n) is 4.08. The van der Waals surface area contributed by atoms with E-state index in [4.69, 9.17) is 4.98 Å². The quantitative estimate of drug-likeness (QED) is 0.592. The van der Waals surface area contributed by atoms with Crippen LogP contribution in [0.25, 0.3) is 11.3 Å². The topological polar surface area (TPSA) is 93.0 Å². The monoisotopic (exact) mass is 472 g/mol. The molecule has 0 unspecified atom stereocenters. The number of amides is 2. The van der Waals surface area contributed by atoms with Crippen molar-refractivity contribution in [2.45, 2.75) is 52.4 Å². The molecule has 0 fully saturated rings. The molecule has 0 radical (unpaired) electrons. The van der Waals surface area contributed by atoms with Gasteiger partial charge in [0.15, 0.2) is 0 Å². The van der Waals surface area contributed by atoms with Gasteiger partial charge in [0.2, 0.25) is 5.91 Å². The summed E-state index contributed by atoms with van der Waals surface area (Å²) in [4.78, 5) is 35.4. The van der Waals surface area contributed by atoms with Crippen LogP contribution in [0.5, 0.6) is 0 Å². The van der Waals surface area contributed by atoms with Crippen molar-refractivity contribution in [2.24, 2.45) is 0 Å². The zero-order chi connectivity index (χ0) is 24.8. The third kappa shape index (κ3) is 4.25. The van der Waals surface area contributed by atoms with Crippen LogP contribution in [0.4, 0.5) is 24.5 Å². The fourth-order valence-corrected chi connectivity index (χ4v) is 4.08. The van der Waals surface area contributed by atoms with E-state index in [1.165, 1.54) is 23.5 Å². The lowest BCUT2D eigenvalue weighted by atomic mass is 9.96. The van der Waals surface area contributed by atoms with Crippen molar-refractivity contribution < 1.29 is 22.8 Å². The Morgan fingerprint density at radius 2 is 1.91 bits per heavy atom. The van der Waals surface area contributed by atoms with Crippen molar-refractivity contribution >= 4 is 23.2 Å². The highest BCUT2D eigenvalue weighted by atomic mass is 19.4. The highest BCUT2D eigenvalue weighted by Gasteiger charge is 2.47. The minimum absolute atomic E-state index is 0.148. The van der Waals surface area contributed by atoms with Crippen LogP contribution in [0.15, 0.2) is 36.9 Å². The van der Waals surface area contributed by atoms with E-state index >= 15 is 0 Å². The molecule has 4 heterocycles. The Morgan fingerprint density at radius 1 is 1.18 bits per heavy atom. The van der Waals surface area contributed by atoms with Crippen molar-refractivity contribution in [1.29, 1.82) is 0 Å². The van der Waals surface area contributed by atoms with Crippen LogP contribution >= 0.6 is 0 Å². The van der Waals surface area contributed by atoms with E-state index in [1.54, 1.807) is 46.0 Å². The molecule has 4 rings (SSSR count). The molecule has 3 aromatic heterocycles. The highest BCUT2D eigenvalue weighted by molar-refractivity contribution is 6.12. The van der Waals surface area contributed by atoms with Crippen LogP contribution in [0, 0.1) is 6.92 Å². The average Bonchev–Trinajstić information content (AvgIpc) is 3.26. The predicted octanol–water partition coefficient (Wildman–Crippen LogP) is 4.45. The summed E-state index contributed by atoms with van der Waals surface area (Å²) in [5.41, 5.74) is 2.63. The molecule has 0 spiro atoms. The van der Waals surface area contributed by atoms with E-state index in [0.29, 0.717) is 40.2 Å². The number of pyridine rings is 2. The summed E-state index contributed by atoms with van der Waals surface area (Å²) in [5, 5.41) is 6.53. The number of aromatic nitrogens is 4. The minimum Gasteiger partial charge on any atom is -0.325 e. The molecule has 1 N–H and O–H groups in total. The van der Waals surface area contributed by atoms with Crippen molar-refractivity contribution in [3.8, 4) is 11.3 Å². The summed E-state index contributed by atoms with van der Waals surface area (Å²) < 4.78 is 39.1. The van der Waals surface area contributed by atoms with Crippen molar-refractivity contribution in [2.75, 3.05) is 10.2 Å². The number of alkyl halides is 3. The second-order valence-electron chi connectivity index (χ2n) is 8.62. The van der Waals surface area contributed by atoms with Gasteiger partial charge in [-0.15, -0.1) is 0 Å². The van der Waals surface area contributed by atoms with Gasteiger partial charge in [-0.2, -0.15) is 18.3 Å². The first-order valence-corrected chi connectivity index (χ1v) is 10.6. The number of rotatable bonds is 5. The summed E-state index contributed by atoms with van der Waals surface area (Å²) in [7, 11) is 0. The Balaban J connectivity index is 1.73. The summed E-state index contributed by atoms with van der Waals surface area (Å²) in [6.45, 7) is 5.84. The third-order valence-corrected chi connectivity index (χ3v) is 5.63. The smallest absolute Gasteiger partial charge is 0.325 e. The normalized spacial score (nSPS) is 14.9. The van der Waals surface area contributed by atoms with E-state index in [0.717, 1.165) is 4.68 Å². The molecular weight excluding hydrogens is 449 g/mol. The Bertz CT molecular complexity index is 1280. The van der Waals surface area contributed by atoms with Gasteiger partial charge in [0, 0.05) is 24.4 Å². The van der Waals surface area contributed by atoms with Gasteiger partial charge >= 0.3 is 6.18 Å². The first-order chi connectivity index (χ1) is 15.9. The Morgan fingerprint density at radius 3 is 2.59 bits per heavy atom. The van der Waals surface area contributed by atoms with Gasteiger partial charge in [-0.05, 0) is 38.5 Å². The minimum atomic E-state index is -4.43. The van der Waals surface area contributed by atoms with E-state index in [-0.39, 0.29) is 17.5 Å². The first-order valence-electron chi connectivity index (χ1n) is 10.6. The SMILES string of the molecule is CCC(=O)Nc1cncc(-c2cc(C)c3c(n2)C(C)(C)N(c2cnn(CC(F)(F)F)c2)C3=O)c1. The number of fused-ring (bicyclic) bond motifs is 1. The molecule has 3 aromatic rings. The number of hydrogen-bond donors (Lipinski definition) is 1. The molecule has 11 heteroatoms. The number of aryl methyl sites for hydroxylation is 1. The molecule has 8 nitrogen and oxygen atoms in total. The van der Waals surface area contributed by atoms with Crippen LogP contribution in [0.2, 0.25) is 0 Å². The predicted molar refractivity (Wildman–Crippen MR) is 119 cm³/mol. The molecule has 34 heavy (non-hydrogen) atoms.